The summed E-state index contributed by atoms with van der Waals surface area (Å²) in [7, 11) is 1.32. The molecule has 0 aromatic heterocycles. The molecule has 1 saturated heterocycles. The highest BCUT2D eigenvalue weighted by Crippen LogP contribution is 2.26. The maximum absolute atomic E-state index is 11.8. The number of esters is 1. The summed E-state index contributed by atoms with van der Waals surface area (Å²) in [5.41, 5.74) is 7.73. The first kappa shape index (κ1) is 20.3. The zero-order valence-corrected chi connectivity index (χ0v) is 16.8. The summed E-state index contributed by atoms with van der Waals surface area (Å²) < 4.78 is 11.0. The van der Waals surface area contributed by atoms with Crippen LogP contribution in [0.1, 0.15) is 11.1 Å². The Morgan fingerprint density at radius 2 is 1.71 bits per heavy atom. The van der Waals surface area contributed by atoms with E-state index in [0.29, 0.717) is 28.7 Å². The molecule has 2 aromatic carbocycles. The number of rotatable bonds is 7. The second-order valence-electron chi connectivity index (χ2n) is 6.31. The third kappa shape index (κ3) is 5.31. The van der Waals surface area contributed by atoms with E-state index in [1.807, 2.05) is 48.5 Å². The van der Waals surface area contributed by atoms with Crippen molar-refractivity contribution in [3.05, 3.63) is 59.7 Å². The zero-order valence-electron chi connectivity index (χ0n) is 15.2. The Balaban J connectivity index is 1.56. The van der Waals surface area contributed by atoms with Crippen molar-refractivity contribution in [3.63, 3.8) is 0 Å². The summed E-state index contributed by atoms with van der Waals surface area (Å²) in [6.45, 7) is 0. The fraction of sp³-hybridized carbons (Fsp3) is 0.250. The summed E-state index contributed by atoms with van der Waals surface area (Å²) in [5, 5.41) is 2.48. The van der Waals surface area contributed by atoms with Crippen LogP contribution in [0.4, 0.5) is 0 Å². The maximum Gasteiger partial charge on any atom is 0.322 e. The molecule has 6 nitrogen and oxygen atoms in total. The lowest BCUT2D eigenvalue weighted by molar-refractivity contribution is -0.142. The lowest BCUT2D eigenvalue weighted by Crippen LogP contribution is -2.33. The summed E-state index contributed by atoms with van der Waals surface area (Å²) >= 11 is 6.40. The van der Waals surface area contributed by atoms with E-state index in [2.05, 4.69) is 10.1 Å². The van der Waals surface area contributed by atoms with Crippen molar-refractivity contribution in [2.45, 2.75) is 24.1 Å². The molecule has 0 bridgehead atoms. The second-order valence-corrected chi connectivity index (χ2v) is 8.19. The summed E-state index contributed by atoms with van der Waals surface area (Å²) in [6.07, 6.45) is 1.02. The molecule has 3 N–H and O–H groups in total. The van der Waals surface area contributed by atoms with Gasteiger partial charge in [0.2, 0.25) is 5.91 Å². The standard InChI is InChI=1S/C20H20N2O4S2/c1-25-19(24)16(21)10-12-2-6-14(7-3-12)26-15-8-4-13(5-9-15)11-17-18(23)22-20(27)28-17/h2-9,16-17H,10-11,21H2,1H3,(H,22,23,27)/t16-,17?/m0/s1. The molecular formula is C20H20N2O4S2. The van der Waals surface area contributed by atoms with Crippen LogP contribution in [0.15, 0.2) is 48.5 Å². The number of thiocarbonyl (C=S) groups is 1. The van der Waals surface area contributed by atoms with Crippen LogP contribution in [-0.2, 0) is 27.2 Å². The zero-order chi connectivity index (χ0) is 20.1. The van der Waals surface area contributed by atoms with Crippen LogP contribution >= 0.6 is 24.0 Å². The fourth-order valence-electron chi connectivity index (χ4n) is 2.75. The molecule has 8 heteroatoms. The number of carbonyl (C=O) groups is 2. The Morgan fingerprint density at radius 3 is 2.21 bits per heavy atom. The third-order valence-corrected chi connectivity index (χ3v) is 5.60. The van der Waals surface area contributed by atoms with Gasteiger partial charge < -0.3 is 20.5 Å². The molecule has 0 saturated carbocycles. The lowest BCUT2D eigenvalue weighted by Gasteiger charge is -2.11. The van der Waals surface area contributed by atoms with Crippen molar-refractivity contribution in [3.8, 4) is 11.5 Å². The van der Waals surface area contributed by atoms with Crippen molar-refractivity contribution >= 4 is 40.2 Å². The number of nitrogens with two attached hydrogens (primary N) is 1. The van der Waals surface area contributed by atoms with E-state index in [1.165, 1.54) is 18.9 Å². The van der Waals surface area contributed by atoms with Crippen molar-refractivity contribution in [2.24, 2.45) is 5.73 Å². The molecule has 1 aliphatic heterocycles. The smallest absolute Gasteiger partial charge is 0.322 e. The van der Waals surface area contributed by atoms with Crippen LogP contribution in [0.3, 0.4) is 0 Å². The van der Waals surface area contributed by atoms with Crippen molar-refractivity contribution in [1.82, 2.24) is 5.32 Å². The molecule has 1 aliphatic rings. The molecule has 0 radical (unpaired) electrons. The Bertz CT molecular complexity index is 869. The first-order chi connectivity index (χ1) is 13.4. The maximum atomic E-state index is 11.8. The highest BCUT2D eigenvalue weighted by molar-refractivity contribution is 8.24. The lowest BCUT2D eigenvalue weighted by atomic mass is 10.1. The highest BCUT2D eigenvalue weighted by atomic mass is 32.2. The van der Waals surface area contributed by atoms with Gasteiger partial charge >= 0.3 is 5.97 Å². The molecule has 1 amide bonds. The normalized spacial score (nSPS) is 17.1. The Kier molecular flexibility index (Phi) is 6.66. The number of amides is 1. The van der Waals surface area contributed by atoms with E-state index in [0.717, 1.165) is 11.1 Å². The number of methoxy groups -OCH3 is 1. The largest absolute Gasteiger partial charge is 0.468 e. The number of thioether (sulfide) groups is 1. The Labute approximate surface area is 172 Å². The van der Waals surface area contributed by atoms with E-state index >= 15 is 0 Å². The topological polar surface area (TPSA) is 90.7 Å². The van der Waals surface area contributed by atoms with Gasteiger partial charge in [-0.15, -0.1) is 0 Å². The Hall–Kier alpha value is -2.42. The van der Waals surface area contributed by atoms with Crippen molar-refractivity contribution in [1.29, 1.82) is 0 Å². The first-order valence-electron chi connectivity index (χ1n) is 8.65. The molecule has 3 rings (SSSR count). The van der Waals surface area contributed by atoms with Gasteiger partial charge in [0.15, 0.2) is 0 Å². The van der Waals surface area contributed by atoms with Crippen LogP contribution < -0.4 is 15.8 Å². The van der Waals surface area contributed by atoms with Gasteiger partial charge in [-0.1, -0.05) is 48.2 Å². The summed E-state index contributed by atoms with van der Waals surface area (Å²) in [5.74, 6) is 0.902. The average Bonchev–Trinajstić information content (AvgIpc) is 3.01. The van der Waals surface area contributed by atoms with Crippen LogP contribution in [0.2, 0.25) is 0 Å². The predicted molar refractivity (Wildman–Crippen MR) is 112 cm³/mol. The molecule has 28 heavy (non-hydrogen) atoms. The summed E-state index contributed by atoms with van der Waals surface area (Å²) in [6, 6.07) is 14.3. The van der Waals surface area contributed by atoms with Crippen molar-refractivity contribution in [2.75, 3.05) is 7.11 Å². The van der Waals surface area contributed by atoms with E-state index in [-0.39, 0.29) is 11.2 Å². The van der Waals surface area contributed by atoms with Gasteiger partial charge in [0.05, 0.1) is 12.4 Å². The molecule has 2 atom stereocenters. The number of carbonyl (C=O) groups excluding carboxylic acids is 2. The molecule has 0 spiro atoms. The van der Waals surface area contributed by atoms with Gasteiger partial charge in [-0.05, 0) is 48.2 Å². The minimum Gasteiger partial charge on any atom is -0.468 e. The highest BCUT2D eigenvalue weighted by Gasteiger charge is 2.28. The van der Waals surface area contributed by atoms with Crippen LogP contribution in [0.5, 0.6) is 11.5 Å². The molecule has 2 aromatic rings. The Morgan fingerprint density at radius 1 is 1.14 bits per heavy atom. The monoisotopic (exact) mass is 416 g/mol. The van der Waals surface area contributed by atoms with Gasteiger partial charge in [-0.3, -0.25) is 9.59 Å². The van der Waals surface area contributed by atoms with Crippen LogP contribution in [0.25, 0.3) is 0 Å². The fourth-order valence-corrected chi connectivity index (χ4v) is 4.06. The van der Waals surface area contributed by atoms with Gasteiger partial charge in [-0.2, -0.15) is 0 Å². The van der Waals surface area contributed by atoms with Gasteiger partial charge in [0, 0.05) is 0 Å². The molecule has 1 unspecified atom stereocenters. The van der Waals surface area contributed by atoms with Gasteiger partial charge in [0.25, 0.3) is 0 Å². The minimum atomic E-state index is -0.682. The molecule has 0 aliphatic carbocycles. The number of hydrogen-bond donors (Lipinski definition) is 2. The molecule has 1 fully saturated rings. The minimum absolute atomic E-state index is 0.0395. The molecular weight excluding hydrogens is 396 g/mol. The number of hydrogen-bond acceptors (Lipinski definition) is 7. The summed E-state index contributed by atoms with van der Waals surface area (Å²) in [4.78, 5) is 23.2. The van der Waals surface area contributed by atoms with Crippen LogP contribution in [-0.4, -0.2) is 34.6 Å². The SMILES string of the molecule is COC(=O)[C@@H](N)Cc1ccc(Oc2ccc(CC3SC(=S)NC3=O)cc2)cc1. The first-order valence-corrected chi connectivity index (χ1v) is 9.94. The van der Waals surface area contributed by atoms with E-state index in [9.17, 15) is 9.59 Å². The molecule has 146 valence electrons. The van der Waals surface area contributed by atoms with E-state index < -0.39 is 12.0 Å². The average molecular weight is 417 g/mol. The second kappa shape index (κ2) is 9.18. The van der Waals surface area contributed by atoms with Crippen molar-refractivity contribution < 1.29 is 19.1 Å². The quantitative estimate of drug-likeness (QED) is 0.530. The number of ether oxygens (including phenoxy) is 2. The van der Waals surface area contributed by atoms with Crippen LogP contribution in [0, 0.1) is 0 Å². The third-order valence-electron chi connectivity index (χ3n) is 4.23. The molecule has 1 heterocycles. The van der Waals surface area contributed by atoms with Gasteiger partial charge in [0.1, 0.15) is 21.9 Å². The predicted octanol–water partition coefficient (Wildman–Crippen LogP) is 2.58. The number of benzene rings is 2. The van der Waals surface area contributed by atoms with Gasteiger partial charge in [-0.25, -0.2) is 0 Å². The number of nitrogens with one attached hydrogen (secondary N) is 1. The van der Waals surface area contributed by atoms with E-state index in [1.54, 1.807) is 0 Å². The van der Waals surface area contributed by atoms with E-state index in [4.69, 9.17) is 22.7 Å².